The van der Waals surface area contributed by atoms with Crippen LogP contribution in [-0.2, 0) is 10.1 Å². The summed E-state index contributed by atoms with van der Waals surface area (Å²) in [6, 6.07) is 0. The van der Waals surface area contributed by atoms with E-state index in [0.29, 0.717) is 0 Å². The van der Waals surface area contributed by atoms with Crippen molar-refractivity contribution in [2.45, 2.75) is 10.9 Å². The predicted molar refractivity (Wildman–Crippen MR) is 27.2 cm³/mol. The Kier molecular flexibility index (Phi) is 2.55. The van der Waals surface area contributed by atoms with Crippen molar-refractivity contribution in [2.24, 2.45) is 0 Å². The molecule has 0 rings (SSSR count). The minimum Gasteiger partial charge on any atom is -0.283 e. The summed E-state index contributed by atoms with van der Waals surface area (Å²) in [5, 5.41) is -4.59. The van der Waals surface area contributed by atoms with Crippen LogP contribution in [0.3, 0.4) is 0 Å². The third kappa shape index (κ3) is 2.72. The van der Waals surface area contributed by atoms with E-state index >= 15 is 0 Å². The fourth-order valence-corrected chi connectivity index (χ4v) is 0.844. The Morgan fingerprint density at radius 1 is 1.50 bits per heavy atom. The van der Waals surface area contributed by atoms with E-state index in [4.69, 9.17) is 4.55 Å². The molecule has 0 saturated carbocycles. The van der Waals surface area contributed by atoms with Crippen LogP contribution in [0.1, 0.15) is 0 Å². The first-order valence-electron chi connectivity index (χ1n) is 1.83. The summed E-state index contributed by atoms with van der Waals surface area (Å²) in [6.07, 6.45) is 0. The second-order valence-corrected chi connectivity index (χ2v) is 3.32. The molecule has 3 nitrogen and oxygen atoms in total. The first kappa shape index (κ1) is 9.99. The van der Waals surface area contributed by atoms with Crippen LogP contribution in [0.5, 0.6) is 0 Å². The number of hydrogen-bond donors (Lipinski definition) is 1. The van der Waals surface area contributed by atoms with E-state index in [1.165, 1.54) is 0 Å². The Bertz CT molecular complexity index is 206. The third-order valence-corrected chi connectivity index (χ3v) is 1.66. The van der Waals surface area contributed by atoms with Crippen LogP contribution in [0.25, 0.3) is 0 Å². The van der Waals surface area contributed by atoms with Gasteiger partial charge in [0.1, 0.15) is 0 Å². The summed E-state index contributed by atoms with van der Waals surface area (Å²) < 4.78 is 61.5. The van der Waals surface area contributed by atoms with Gasteiger partial charge >= 0.3 is 21.0 Å². The molecule has 0 aliphatic heterocycles. The molecule has 10 heavy (non-hydrogen) atoms. The van der Waals surface area contributed by atoms with Crippen molar-refractivity contribution >= 4 is 21.7 Å². The van der Waals surface area contributed by atoms with Crippen molar-refractivity contribution in [3.63, 3.8) is 0 Å². The molecule has 0 aromatic rings. The van der Waals surface area contributed by atoms with Crippen LogP contribution in [0.15, 0.2) is 0 Å². The minimum absolute atomic E-state index is 3.78. The quantitative estimate of drug-likeness (QED) is 0.532. The molecule has 0 aromatic carbocycles. The molecule has 1 atom stereocenters. The first-order chi connectivity index (χ1) is 4.15. The van der Waals surface area contributed by atoms with Gasteiger partial charge in [-0.25, -0.2) is 4.39 Å². The van der Waals surface area contributed by atoms with Gasteiger partial charge in [0.05, 0.1) is 0 Å². The molecule has 0 amide bonds. The van der Waals surface area contributed by atoms with Gasteiger partial charge in [0.25, 0.3) is 0 Å². The molecule has 1 N–H and O–H groups in total. The van der Waals surface area contributed by atoms with Gasteiger partial charge in [-0.3, -0.25) is 4.55 Å². The number of rotatable bonds is 2. The summed E-state index contributed by atoms with van der Waals surface area (Å²) in [5.74, 6) is 0. The van der Waals surface area contributed by atoms with Gasteiger partial charge in [-0.2, -0.15) is 17.2 Å². The highest BCUT2D eigenvalue weighted by Crippen LogP contribution is 2.28. The first-order valence-corrected chi connectivity index (χ1v) is 3.71. The Labute approximate surface area is 59.5 Å². The molecule has 0 aliphatic rings. The molecule has 0 spiro atoms. The molecular formula is C2H2ClF3O3S. The molecule has 1 unspecified atom stereocenters. The highest BCUT2D eigenvalue weighted by atomic mass is 35.5. The lowest BCUT2D eigenvalue weighted by molar-refractivity contribution is 0.0406. The normalized spacial score (nSPS) is 16.9. The van der Waals surface area contributed by atoms with Gasteiger partial charge in [0.15, 0.2) is 0 Å². The monoisotopic (exact) mass is 198 g/mol. The van der Waals surface area contributed by atoms with Crippen LogP contribution in [0, 0.1) is 0 Å². The zero-order chi connectivity index (χ0) is 8.58. The molecule has 0 aliphatic carbocycles. The van der Waals surface area contributed by atoms with Gasteiger partial charge in [0, 0.05) is 0 Å². The van der Waals surface area contributed by atoms with E-state index in [0.717, 1.165) is 0 Å². The SMILES string of the molecule is O=S(=O)(O)C(F)C(F)(F)Cl. The zero-order valence-electron chi connectivity index (χ0n) is 4.26. The Balaban J connectivity index is 4.56. The van der Waals surface area contributed by atoms with Crippen molar-refractivity contribution in [2.75, 3.05) is 0 Å². The van der Waals surface area contributed by atoms with Crippen LogP contribution < -0.4 is 0 Å². The Morgan fingerprint density at radius 2 is 1.80 bits per heavy atom. The van der Waals surface area contributed by atoms with Crippen LogP contribution in [0.4, 0.5) is 13.2 Å². The van der Waals surface area contributed by atoms with Crippen LogP contribution in [-0.4, -0.2) is 23.9 Å². The summed E-state index contributed by atoms with van der Waals surface area (Å²) in [4.78, 5) is 0. The lowest BCUT2D eigenvalue weighted by atomic mass is 10.8. The van der Waals surface area contributed by atoms with Crippen molar-refractivity contribution in [1.82, 2.24) is 0 Å². The van der Waals surface area contributed by atoms with E-state index in [2.05, 4.69) is 11.6 Å². The minimum atomic E-state index is -5.41. The van der Waals surface area contributed by atoms with Crippen LogP contribution >= 0.6 is 11.6 Å². The maximum Gasteiger partial charge on any atom is 0.369 e. The summed E-state index contributed by atoms with van der Waals surface area (Å²) in [5.41, 5.74) is -3.78. The van der Waals surface area contributed by atoms with Gasteiger partial charge in [-0.15, -0.1) is 0 Å². The third-order valence-electron chi connectivity index (χ3n) is 0.519. The largest absolute Gasteiger partial charge is 0.369 e. The van der Waals surface area contributed by atoms with Gasteiger partial charge < -0.3 is 0 Å². The number of hydrogen-bond acceptors (Lipinski definition) is 2. The molecule has 0 radical (unpaired) electrons. The molecule has 0 fully saturated rings. The summed E-state index contributed by atoms with van der Waals surface area (Å²) in [6.45, 7) is 0. The Morgan fingerprint density at radius 3 is 1.80 bits per heavy atom. The van der Waals surface area contributed by atoms with E-state index in [1.807, 2.05) is 0 Å². The lowest BCUT2D eigenvalue weighted by Gasteiger charge is -2.09. The number of alkyl halides is 4. The summed E-state index contributed by atoms with van der Waals surface area (Å²) >= 11 is 3.92. The standard InChI is InChI=1S/C2H2ClF3O3S/c3-2(5,6)1(4)10(7,8)9/h1H,(H,7,8,9). The van der Waals surface area contributed by atoms with E-state index < -0.39 is 21.0 Å². The molecule has 62 valence electrons. The predicted octanol–water partition coefficient (Wildman–Crippen LogP) is 1.00. The van der Waals surface area contributed by atoms with E-state index in [1.54, 1.807) is 0 Å². The molecule has 0 bridgehead atoms. The fraction of sp³-hybridized carbons (Fsp3) is 1.00. The summed E-state index contributed by atoms with van der Waals surface area (Å²) in [7, 11) is -5.41. The molecule has 0 saturated heterocycles. The average molecular weight is 199 g/mol. The van der Waals surface area contributed by atoms with Gasteiger partial charge in [-0.05, 0) is 11.6 Å². The zero-order valence-corrected chi connectivity index (χ0v) is 5.83. The average Bonchev–Trinajstić information content (AvgIpc) is 1.59. The topological polar surface area (TPSA) is 54.4 Å². The van der Waals surface area contributed by atoms with Gasteiger partial charge in [-0.1, -0.05) is 0 Å². The fourth-order valence-electron chi connectivity index (χ4n) is 0.169. The smallest absolute Gasteiger partial charge is 0.283 e. The molecule has 0 aromatic heterocycles. The van der Waals surface area contributed by atoms with E-state index in [-0.39, 0.29) is 0 Å². The van der Waals surface area contributed by atoms with Gasteiger partial charge in [0.2, 0.25) is 0 Å². The highest BCUT2D eigenvalue weighted by molar-refractivity contribution is 7.86. The second-order valence-electron chi connectivity index (χ2n) is 1.37. The van der Waals surface area contributed by atoms with Crippen molar-refractivity contribution in [3.8, 4) is 0 Å². The molecule has 8 heteroatoms. The second kappa shape index (κ2) is 2.55. The van der Waals surface area contributed by atoms with Crippen molar-refractivity contribution in [3.05, 3.63) is 0 Å². The maximum absolute atomic E-state index is 11.7. The lowest BCUT2D eigenvalue weighted by Crippen LogP contribution is -2.31. The maximum atomic E-state index is 11.7. The molecule has 0 heterocycles. The van der Waals surface area contributed by atoms with Crippen molar-refractivity contribution in [1.29, 1.82) is 0 Å². The van der Waals surface area contributed by atoms with Crippen molar-refractivity contribution < 1.29 is 26.1 Å². The van der Waals surface area contributed by atoms with Crippen LogP contribution in [0.2, 0.25) is 0 Å². The Hall–Kier alpha value is -0.0100. The highest BCUT2D eigenvalue weighted by Gasteiger charge is 2.46. The number of halogens is 4. The molecular weight excluding hydrogens is 197 g/mol. The van der Waals surface area contributed by atoms with E-state index in [9.17, 15) is 21.6 Å².